The molecule has 0 saturated carbocycles. The average molecular weight is 433 g/mol. The van der Waals surface area contributed by atoms with Gasteiger partial charge in [-0.2, -0.15) is 0 Å². The number of hydrogen-bond donors (Lipinski definition) is 2. The second-order valence-electron chi connectivity index (χ2n) is 8.74. The number of aromatic hydroxyl groups is 1. The van der Waals surface area contributed by atoms with Crippen LogP contribution in [0, 0.1) is 17.8 Å². The number of phenolic OH excluding ortho intramolecular Hbond substituents is 1. The van der Waals surface area contributed by atoms with Crippen molar-refractivity contribution in [3.63, 3.8) is 0 Å². The van der Waals surface area contributed by atoms with Crippen LogP contribution in [0.3, 0.4) is 0 Å². The van der Waals surface area contributed by atoms with Crippen LogP contribution in [0.1, 0.15) is 38.2 Å². The van der Waals surface area contributed by atoms with Gasteiger partial charge in [0.2, 0.25) is 11.8 Å². The number of nitrogens with one attached hydrogen (secondary N) is 1. The Morgan fingerprint density at radius 3 is 2.66 bits per heavy atom. The Morgan fingerprint density at radius 1 is 1.12 bits per heavy atom. The number of Topliss-reactive ketones (excluding diaryl/α,β-unsaturated/α-hetero) is 1. The Morgan fingerprint density at radius 2 is 1.91 bits per heavy atom. The third-order valence-corrected chi connectivity index (χ3v) is 7.02. The number of ketones is 2. The molecule has 1 aliphatic heterocycles. The highest BCUT2D eigenvalue weighted by molar-refractivity contribution is 6.23. The van der Waals surface area contributed by atoms with E-state index in [-0.39, 0.29) is 41.5 Å². The largest absolute Gasteiger partial charge is 0.504 e. The molecule has 1 fully saturated rings. The van der Waals surface area contributed by atoms with Crippen molar-refractivity contribution in [3.05, 3.63) is 58.2 Å². The number of allylic oxidation sites excluding steroid dienone is 6. The molecule has 5 rings (SSSR count). The summed E-state index contributed by atoms with van der Waals surface area (Å²) >= 11 is 0. The molecule has 0 aromatic heterocycles. The molecule has 2 N–H and O–H groups in total. The van der Waals surface area contributed by atoms with Gasteiger partial charge in [-0.3, -0.25) is 24.5 Å². The Kier molecular flexibility index (Phi) is 4.65. The lowest BCUT2D eigenvalue weighted by atomic mass is 9.59. The maximum Gasteiger partial charge on any atom is 0.231 e. The van der Waals surface area contributed by atoms with Crippen LogP contribution in [0.5, 0.6) is 11.5 Å². The first-order valence-corrected chi connectivity index (χ1v) is 10.8. The molecule has 2 amide bonds. The van der Waals surface area contributed by atoms with Crippen LogP contribution in [0.2, 0.25) is 0 Å². The highest BCUT2D eigenvalue weighted by Gasteiger charge is 2.53. The summed E-state index contributed by atoms with van der Waals surface area (Å²) in [4.78, 5) is 51.2. The lowest BCUT2D eigenvalue weighted by Crippen LogP contribution is -2.39. The van der Waals surface area contributed by atoms with Crippen LogP contribution < -0.4 is 10.1 Å². The number of amides is 2. The smallest absolute Gasteiger partial charge is 0.231 e. The van der Waals surface area contributed by atoms with Gasteiger partial charge in [0.1, 0.15) is 0 Å². The van der Waals surface area contributed by atoms with Gasteiger partial charge < -0.3 is 9.84 Å². The van der Waals surface area contributed by atoms with Crippen molar-refractivity contribution in [2.45, 2.75) is 32.6 Å². The normalized spacial score (nSPS) is 29.1. The van der Waals surface area contributed by atoms with Crippen molar-refractivity contribution in [1.82, 2.24) is 5.32 Å². The summed E-state index contributed by atoms with van der Waals surface area (Å²) in [6.45, 7) is 3.79. The lowest BCUT2D eigenvalue weighted by molar-refractivity contribution is -0.126. The van der Waals surface area contributed by atoms with Gasteiger partial charge in [-0.1, -0.05) is 17.7 Å². The maximum absolute atomic E-state index is 13.3. The van der Waals surface area contributed by atoms with Gasteiger partial charge in [0.05, 0.1) is 18.4 Å². The van der Waals surface area contributed by atoms with Crippen molar-refractivity contribution in [3.8, 4) is 11.5 Å². The van der Waals surface area contributed by atoms with E-state index in [9.17, 15) is 24.3 Å². The molecular formula is C25H23NO6. The standard InChI is InChI=1S/C25H23NO6/c1-3-32-19-9-12(4-7-17(19)27)20-13-5-6-14-21(25(31)26-24(14)30)15(13)10-16-18(28)8-11(2)23(29)22(16)20/h4-5,7-9,14-15,20-21,27H,3,6,10H2,1-2H3,(H,26,30,31)/t14-,15+,20-,21-/m0/s1. The van der Waals surface area contributed by atoms with Crippen molar-refractivity contribution < 1.29 is 29.0 Å². The minimum atomic E-state index is -0.558. The molecule has 1 aromatic rings. The fourth-order valence-corrected chi connectivity index (χ4v) is 5.63. The molecule has 0 bridgehead atoms. The summed E-state index contributed by atoms with van der Waals surface area (Å²) in [7, 11) is 0. The topological polar surface area (TPSA) is 110 Å². The predicted molar refractivity (Wildman–Crippen MR) is 114 cm³/mol. The molecule has 1 aromatic carbocycles. The molecule has 164 valence electrons. The zero-order valence-corrected chi connectivity index (χ0v) is 17.8. The molecule has 1 heterocycles. The first kappa shape index (κ1) is 20.4. The summed E-state index contributed by atoms with van der Waals surface area (Å²) in [5, 5.41) is 12.6. The second kappa shape index (κ2) is 7.29. The van der Waals surface area contributed by atoms with Crippen molar-refractivity contribution >= 4 is 23.4 Å². The molecule has 0 radical (unpaired) electrons. The summed E-state index contributed by atoms with van der Waals surface area (Å²) < 4.78 is 5.55. The Hall–Kier alpha value is -3.48. The average Bonchev–Trinajstić information content (AvgIpc) is 3.06. The molecule has 32 heavy (non-hydrogen) atoms. The molecule has 7 nitrogen and oxygen atoms in total. The van der Waals surface area contributed by atoms with Crippen LogP contribution >= 0.6 is 0 Å². The molecule has 4 atom stereocenters. The summed E-state index contributed by atoms with van der Waals surface area (Å²) in [6, 6.07) is 4.92. The lowest BCUT2D eigenvalue weighted by Gasteiger charge is -2.42. The quantitative estimate of drug-likeness (QED) is 0.431. The van der Waals surface area contributed by atoms with E-state index in [1.165, 1.54) is 12.1 Å². The van der Waals surface area contributed by atoms with E-state index in [0.717, 1.165) is 5.57 Å². The highest BCUT2D eigenvalue weighted by atomic mass is 16.5. The number of benzene rings is 1. The monoisotopic (exact) mass is 433 g/mol. The number of hydrogen-bond acceptors (Lipinski definition) is 6. The van der Waals surface area contributed by atoms with Gasteiger partial charge in [-0.05, 0) is 56.4 Å². The molecule has 0 spiro atoms. The third kappa shape index (κ3) is 2.87. The van der Waals surface area contributed by atoms with E-state index in [2.05, 4.69) is 5.32 Å². The zero-order valence-electron chi connectivity index (χ0n) is 17.8. The number of carbonyl (C=O) groups excluding carboxylic acids is 4. The minimum absolute atomic E-state index is 0.0160. The van der Waals surface area contributed by atoms with E-state index >= 15 is 0 Å². The third-order valence-electron chi connectivity index (χ3n) is 7.02. The minimum Gasteiger partial charge on any atom is -0.504 e. The van der Waals surface area contributed by atoms with Gasteiger partial charge in [0.25, 0.3) is 0 Å². The molecule has 7 heteroatoms. The molecule has 3 aliphatic carbocycles. The van der Waals surface area contributed by atoms with Crippen molar-refractivity contribution in [2.24, 2.45) is 17.8 Å². The Bertz CT molecular complexity index is 1190. The SMILES string of the molecule is CCOc1cc([C@H]2C3=CC[C@@H]4C(=O)NC(=O)[C@@H]4[C@@H]3CC3=C2C(=O)C(C)=CC3=O)ccc1O. The zero-order chi connectivity index (χ0) is 22.7. The number of rotatable bonds is 3. The fourth-order valence-electron chi connectivity index (χ4n) is 5.63. The van der Waals surface area contributed by atoms with Crippen LogP contribution in [0.25, 0.3) is 0 Å². The first-order valence-electron chi connectivity index (χ1n) is 10.8. The summed E-state index contributed by atoms with van der Waals surface area (Å²) in [6.07, 6.45) is 3.97. The molecule has 1 saturated heterocycles. The summed E-state index contributed by atoms with van der Waals surface area (Å²) in [5.74, 6) is -2.65. The molecule has 0 unspecified atom stereocenters. The Balaban J connectivity index is 1.71. The van der Waals surface area contributed by atoms with Gasteiger partial charge in [-0.15, -0.1) is 0 Å². The second-order valence-corrected chi connectivity index (χ2v) is 8.74. The van der Waals surface area contributed by atoms with Gasteiger partial charge >= 0.3 is 0 Å². The fraction of sp³-hybridized carbons (Fsp3) is 0.360. The highest BCUT2D eigenvalue weighted by Crippen LogP contribution is 2.54. The van der Waals surface area contributed by atoms with E-state index in [4.69, 9.17) is 4.74 Å². The number of phenols is 1. The number of ether oxygens (including phenoxy) is 1. The summed E-state index contributed by atoms with van der Waals surface area (Å²) in [5.41, 5.74) is 2.79. The van der Waals surface area contributed by atoms with Gasteiger partial charge in [-0.25, -0.2) is 0 Å². The molecule has 4 aliphatic rings. The van der Waals surface area contributed by atoms with E-state index in [1.54, 1.807) is 26.0 Å². The predicted octanol–water partition coefficient (Wildman–Crippen LogP) is 2.51. The van der Waals surface area contributed by atoms with Crippen LogP contribution in [0.4, 0.5) is 0 Å². The Labute approximate surface area is 184 Å². The van der Waals surface area contributed by atoms with Crippen molar-refractivity contribution in [1.29, 1.82) is 0 Å². The van der Waals surface area contributed by atoms with Crippen LogP contribution in [-0.4, -0.2) is 35.1 Å². The van der Waals surface area contributed by atoms with Crippen molar-refractivity contribution in [2.75, 3.05) is 6.61 Å². The number of fused-ring (bicyclic) bond motifs is 3. The van der Waals surface area contributed by atoms with Crippen LogP contribution in [0.15, 0.2) is 52.6 Å². The molecular weight excluding hydrogens is 410 g/mol. The number of imide groups is 1. The van der Waals surface area contributed by atoms with Gasteiger partial charge in [0.15, 0.2) is 23.1 Å². The maximum atomic E-state index is 13.3. The number of carbonyl (C=O) groups is 4. The van der Waals surface area contributed by atoms with Crippen LogP contribution in [-0.2, 0) is 19.2 Å². The van der Waals surface area contributed by atoms with Gasteiger partial charge in [0, 0.05) is 22.6 Å². The van der Waals surface area contributed by atoms with E-state index < -0.39 is 17.8 Å². The first-order chi connectivity index (χ1) is 15.3. The van der Waals surface area contributed by atoms with E-state index in [0.29, 0.717) is 41.1 Å². The van der Waals surface area contributed by atoms with E-state index in [1.807, 2.05) is 6.08 Å².